The molecule has 2 heteroatoms. The van der Waals surface area contributed by atoms with E-state index in [9.17, 15) is 0 Å². The SMILES string of the molecule is CC#CCNCc1ccc2c(c1)CC(C)(C)O2. The summed E-state index contributed by atoms with van der Waals surface area (Å²) in [6.45, 7) is 7.72. The van der Waals surface area contributed by atoms with Crippen LogP contribution in [0.3, 0.4) is 0 Å². The van der Waals surface area contributed by atoms with Crippen LogP contribution in [0.2, 0.25) is 0 Å². The number of hydrogen-bond donors (Lipinski definition) is 1. The third-order valence-corrected chi connectivity index (χ3v) is 2.85. The van der Waals surface area contributed by atoms with Crippen LogP contribution >= 0.6 is 0 Å². The fraction of sp³-hybridized carbons (Fsp3) is 0.467. The number of rotatable bonds is 3. The first-order chi connectivity index (χ1) is 8.11. The summed E-state index contributed by atoms with van der Waals surface area (Å²) in [5.74, 6) is 6.91. The molecule has 0 aromatic heterocycles. The van der Waals surface area contributed by atoms with Crippen molar-refractivity contribution < 1.29 is 4.74 Å². The Balaban J connectivity index is 2.00. The smallest absolute Gasteiger partial charge is 0.123 e. The Labute approximate surface area is 103 Å². The summed E-state index contributed by atoms with van der Waals surface area (Å²) in [4.78, 5) is 0. The fourth-order valence-electron chi connectivity index (χ4n) is 2.13. The highest BCUT2D eigenvalue weighted by atomic mass is 16.5. The van der Waals surface area contributed by atoms with Crippen LogP contribution in [0.5, 0.6) is 5.75 Å². The molecule has 2 rings (SSSR count). The van der Waals surface area contributed by atoms with Gasteiger partial charge in [0.25, 0.3) is 0 Å². The number of hydrogen-bond acceptors (Lipinski definition) is 2. The van der Waals surface area contributed by atoms with E-state index >= 15 is 0 Å². The maximum Gasteiger partial charge on any atom is 0.123 e. The monoisotopic (exact) mass is 229 g/mol. The van der Waals surface area contributed by atoms with E-state index in [4.69, 9.17) is 4.74 Å². The van der Waals surface area contributed by atoms with Gasteiger partial charge in [-0.1, -0.05) is 18.1 Å². The molecule has 1 aromatic rings. The highest BCUT2D eigenvalue weighted by Gasteiger charge is 2.29. The highest BCUT2D eigenvalue weighted by molar-refractivity contribution is 5.41. The van der Waals surface area contributed by atoms with E-state index in [-0.39, 0.29) is 5.60 Å². The van der Waals surface area contributed by atoms with E-state index in [1.54, 1.807) is 0 Å². The average molecular weight is 229 g/mol. The van der Waals surface area contributed by atoms with Gasteiger partial charge in [-0.05, 0) is 38.0 Å². The van der Waals surface area contributed by atoms with Gasteiger partial charge in [-0.2, -0.15) is 0 Å². The van der Waals surface area contributed by atoms with E-state index in [1.165, 1.54) is 11.1 Å². The number of ether oxygens (including phenoxy) is 1. The van der Waals surface area contributed by atoms with Gasteiger partial charge in [0, 0.05) is 13.0 Å². The lowest BCUT2D eigenvalue weighted by atomic mass is 10.0. The first-order valence-electron chi connectivity index (χ1n) is 6.02. The third kappa shape index (κ3) is 3.01. The van der Waals surface area contributed by atoms with Gasteiger partial charge in [-0.25, -0.2) is 0 Å². The van der Waals surface area contributed by atoms with Crippen molar-refractivity contribution in [3.63, 3.8) is 0 Å². The number of benzene rings is 1. The standard InChI is InChI=1S/C15H19NO/c1-4-5-8-16-11-12-6-7-14-13(9-12)10-15(2,3)17-14/h6-7,9,16H,8,10-11H2,1-3H3. The third-order valence-electron chi connectivity index (χ3n) is 2.85. The minimum Gasteiger partial charge on any atom is -0.487 e. The summed E-state index contributed by atoms with van der Waals surface area (Å²) in [5, 5.41) is 3.30. The van der Waals surface area contributed by atoms with Crippen molar-refractivity contribution >= 4 is 0 Å². The van der Waals surface area contributed by atoms with Crippen LogP contribution in [0.25, 0.3) is 0 Å². The van der Waals surface area contributed by atoms with Gasteiger partial charge in [0.05, 0.1) is 6.54 Å². The molecule has 0 saturated carbocycles. The molecule has 1 heterocycles. The van der Waals surface area contributed by atoms with Gasteiger partial charge in [-0.3, -0.25) is 0 Å². The molecule has 0 radical (unpaired) electrons. The summed E-state index contributed by atoms with van der Waals surface area (Å²) < 4.78 is 5.85. The maximum absolute atomic E-state index is 5.85. The molecule has 1 aliphatic heterocycles. The summed E-state index contributed by atoms with van der Waals surface area (Å²) in [6.07, 6.45) is 0.991. The van der Waals surface area contributed by atoms with Crippen LogP contribution in [0.1, 0.15) is 31.9 Å². The zero-order valence-electron chi connectivity index (χ0n) is 10.8. The first kappa shape index (κ1) is 12.0. The van der Waals surface area contributed by atoms with Gasteiger partial charge < -0.3 is 10.1 Å². The Hall–Kier alpha value is -1.46. The summed E-state index contributed by atoms with van der Waals surface area (Å²) >= 11 is 0. The molecule has 1 N–H and O–H groups in total. The lowest BCUT2D eigenvalue weighted by Crippen LogP contribution is -2.24. The molecule has 2 nitrogen and oxygen atoms in total. The normalized spacial score (nSPS) is 15.7. The molecule has 0 aliphatic carbocycles. The van der Waals surface area contributed by atoms with Crippen molar-refractivity contribution in [3.05, 3.63) is 29.3 Å². The maximum atomic E-state index is 5.85. The molecule has 0 saturated heterocycles. The molecule has 1 aromatic carbocycles. The molecule has 0 atom stereocenters. The Bertz CT molecular complexity index is 466. The molecule has 0 bridgehead atoms. The molecule has 0 unspecified atom stereocenters. The second kappa shape index (κ2) is 4.81. The van der Waals surface area contributed by atoms with Crippen LogP contribution in [0.4, 0.5) is 0 Å². The minimum absolute atomic E-state index is 0.0535. The van der Waals surface area contributed by atoms with Crippen molar-refractivity contribution in [2.45, 2.75) is 39.3 Å². The largest absolute Gasteiger partial charge is 0.487 e. The quantitative estimate of drug-likeness (QED) is 0.635. The summed E-state index contributed by atoms with van der Waals surface area (Å²) in [7, 11) is 0. The van der Waals surface area contributed by atoms with E-state index in [0.29, 0.717) is 0 Å². The molecular weight excluding hydrogens is 210 g/mol. The van der Waals surface area contributed by atoms with E-state index in [1.807, 2.05) is 6.92 Å². The zero-order chi connectivity index (χ0) is 12.3. The van der Waals surface area contributed by atoms with Crippen molar-refractivity contribution in [1.82, 2.24) is 5.32 Å². The lowest BCUT2D eigenvalue weighted by Gasteiger charge is -2.16. The van der Waals surface area contributed by atoms with E-state index < -0.39 is 0 Å². The highest BCUT2D eigenvalue weighted by Crippen LogP contribution is 2.35. The van der Waals surface area contributed by atoms with Crippen LogP contribution in [-0.2, 0) is 13.0 Å². The summed E-state index contributed by atoms with van der Waals surface area (Å²) in [6, 6.07) is 6.43. The Morgan fingerprint density at radius 2 is 2.24 bits per heavy atom. The van der Waals surface area contributed by atoms with Crippen molar-refractivity contribution in [2.24, 2.45) is 0 Å². The molecule has 90 valence electrons. The van der Waals surface area contributed by atoms with Crippen LogP contribution in [0, 0.1) is 11.8 Å². The predicted octanol–water partition coefficient (Wildman–Crippen LogP) is 2.51. The lowest BCUT2D eigenvalue weighted by molar-refractivity contribution is 0.138. The molecule has 0 fully saturated rings. The second-order valence-electron chi connectivity index (χ2n) is 5.01. The van der Waals surface area contributed by atoms with Gasteiger partial charge in [0.1, 0.15) is 11.4 Å². The molecule has 1 aliphatic rings. The van der Waals surface area contributed by atoms with Crippen molar-refractivity contribution in [2.75, 3.05) is 6.54 Å². The molecule has 17 heavy (non-hydrogen) atoms. The molecule has 0 spiro atoms. The van der Waals surface area contributed by atoms with Crippen LogP contribution in [0.15, 0.2) is 18.2 Å². The Morgan fingerprint density at radius 1 is 1.41 bits per heavy atom. The van der Waals surface area contributed by atoms with Crippen LogP contribution in [-0.4, -0.2) is 12.1 Å². The Kier molecular flexibility index (Phi) is 3.40. The Morgan fingerprint density at radius 3 is 3.00 bits per heavy atom. The number of nitrogens with one attached hydrogen (secondary N) is 1. The molecule has 0 amide bonds. The fourth-order valence-corrected chi connectivity index (χ4v) is 2.13. The van der Waals surface area contributed by atoms with Gasteiger partial charge >= 0.3 is 0 Å². The van der Waals surface area contributed by atoms with E-state index in [0.717, 1.165) is 25.3 Å². The number of fused-ring (bicyclic) bond motifs is 1. The minimum atomic E-state index is -0.0535. The van der Waals surface area contributed by atoms with Gasteiger partial charge in [0.2, 0.25) is 0 Å². The zero-order valence-corrected chi connectivity index (χ0v) is 10.8. The topological polar surface area (TPSA) is 21.3 Å². The van der Waals surface area contributed by atoms with Crippen LogP contribution < -0.4 is 10.1 Å². The average Bonchev–Trinajstić information content (AvgIpc) is 2.57. The predicted molar refractivity (Wildman–Crippen MR) is 70.0 cm³/mol. The summed E-state index contributed by atoms with van der Waals surface area (Å²) in [5.41, 5.74) is 2.56. The van der Waals surface area contributed by atoms with Crippen molar-refractivity contribution in [3.8, 4) is 17.6 Å². The van der Waals surface area contributed by atoms with E-state index in [2.05, 4.69) is 49.2 Å². The molecular formula is C15H19NO. The second-order valence-corrected chi connectivity index (χ2v) is 5.01. The van der Waals surface area contributed by atoms with Gasteiger partial charge in [0.15, 0.2) is 0 Å². The first-order valence-corrected chi connectivity index (χ1v) is 6.02. The van der Waals surface area contributed by atoms with Gasteiger partial charge in [-0.15, -0.1) is 5.92 Å². The van der Waals surface area contributed by atoms with Crippen molar-refractivity contribution in [1.29, 1.82) is 0 Å².